The van der Waals surface area contributed by atoms with Crippen molar-refractivity contribution in [1.82, 2.24) is 0 Å². The van der Waals surface area contributed by atoms with Gasteiger partial charge in [0, 0.05) is 5.02 Å². The standard InChI is InChI=1S/C14H13ClFNO2S/c1-9-4-3-5-13(10(9)2)17-20(18,19)14-7-6-11(15)8-12(14)16/h3-8,17H,1-2H3. The summed E-state index contributed by atoms with van der Waals surface area (Å²) in [6.45, 7) is 3.67. The Morgan fingerprint density at radius 1 is 1.15 bits per heavy atom. The summed E-state index contributed by atoms with van der Waals surface area (Å²) in [7, 11) is -3.98. The zero-order chi connectivity index (χ0) is 14.9. The monoisotopic (exact) mass is 313 g/mol. The van der Waals surface area contributed by atoms with E-state index in [1.165, 1.54) is 6.07 Å². The maximum atomic E-state index is 13.7. The van der Waals surface area contributed by atoms with E-state index in [1.54, 1.807) is 19.1 Å². The fraction of sp³-hybridized carbons (Fsp3) is 0.143. The van der Waals surface area contributed by atoms with E-state index in [0.29, 0.717) is 5.69 Å². The molecule has 0 saturated carbocycles. The number of anilines is 1. The Balaban J connectivity index is 2.44. The van der Waals surface area contributed by atoms with E-state index < -0.39 is 20.7 Å². The molecule has 0 fully saturated rings. The lowest BCUT2D eigenvalue weighted by molar-refractivity contribution is 0.570. The minimum Gasteiger partial charge on any atom is -0.279 e. The van der Waals surface area contributed by atoms with Gasteiger partial charge in [0.05, 0.1) is 5.69 Å². The summed E-state index contributed by atoms with van der Waals surface area (Å²) >= 11 is 5.62. The van der Waals surface area contributed by atoms with Crippen LogP contribution in [-0.2, 0) is 10.0 Å². The van der Waals surface area contributed by atoms with Crippen molar-refractivity contribution >= 4 is 27.3 Å². The fourth-order valence-corrected chi connectivity index (χ4v) is 3.10. The number of nitrogens with one attached hydrogen (secondary N) is 1. The maximum Gasteiger partial charge on any atom is 0.264 e. The highest BCUT2D eigenvalue weighted by Crippen LogP contribution is 2.24. The summed E-state index contributed by atoms with van der Waals surface area (Å²) in [4.78, 5) is -0.428. The second kappa shape index (κ2) is 5.42. The largest absolute Gasteiger partial charge is 0.279 e. The summed E-state index contributed by atoms with van der Waals surface area (Å²) in [5, 5.41) is 0.146. The average Bonchev–Trinajstić information content (AvgIpc) is 2.34. The molecule has 0 radical (unpaired) electrons. The molecule has 20 heavy (non-hydrogen) atoms. The lowest BCUT2D eigenvalue weighted by Crippen LogP contribution is -2.15. The number of sulfonamides is 1. The number of benzene rings is 2. The van der Waals surface area contributed by atoms with Gasteiger partial charge in [-0.15, -0.1) is 0 Å². The molecule has 0 aromatic heterocycles. The smallest absolute Gasteiger partial charge is 0.264 e. The molecule has 0 bridgehead atoms. The Kier molecular flexibility index (Phi) is 4.01. The first-order valence-electron chi connectivity index (χ1n) is 5.85. The minimum absolute atomic E-state index is 0.146. The maximum absolute atomic E-state index is 13.7. The molecule has 0 amide bonds. The Hall–Kier alpha value is -1.59. The summed E-state index contributed by atoms with van der Waals surface area (Å²) in [6, 6.07) is 8.69. The van der Waals surface area contributed by atoms with Crippen molar-refractivity contribution < 1.29 is 12.8 Å². The van der Waals surface area contributed by atoms with Crippen LogP contribution >= 0.6 is 11.6 Å². The van der Waals surface area contributed by atoms with Gasteiger partial charge in [0.1, 0.15) is 10.7 Å². The van der Waals surface area contributed by atoms with Gasteiger partial charge in [-0.1, -0.05) is 23.7 Å². The fourth-order valence-electron chi connectivity index (χ4n) is 1.75. The van der Waals surface area contributed by atoms with Crippen LogP contribution in [0.1, 0.15) is 11.1 Å². The molecule has 0 spiro atoms. The lowest BCUT2D eigenvalue weighted by Gasteiger charge is -2.12. The number of hydrogen-bond acceptors (Lipinski definition) is 2. The van der Waals surface area contributed by atoms with E-state index in [1.807, 2.05) is 13.0 Å². The van der Waals surface area contributed by atoms with Crippen molar-refractivity contribution in [2.24, 2.45) is 0 Å². The molecule has 6 heteroatoms. The molecular formula is C14H13ClFNO2S. The Labute approximate surface area is 122 Å². The summed E-state index contributed by atoms with van der Waals surface area (Å²) in [6.07, 6.45) is 0. The third-order valence-electron chi connectivity index (χ3n) is 3.03. The molecule has 1 N–H and O–H groups in total. The highest BCUT2D eigenvalue weighted by molar-refractivity contribution is 7.92. The van der Waals surface area contributed by atoms with E-state index in [-0.39, 0.29) is 5.02 Å². The zero-order valence-corrected chi connectivity index (χ0v) is 12.5. The van der Waals surface area contributed by atoms with Gasteiger partial charge < -0.3 is 0 Å². The predicted molar refractivity (Wildman–Crippen MR) is 78.1 cm³/mol. The van der Waals surface area contributed by atoms with E-state index in [9.17, 15) is 12.8 Å². The molecule has 0 saturated heterocycles. The van der Waals surface area contributed by atoms with Crippen LogP contribution in [0.3, 0.4) is 0 Å². The third kappa shape index (κ3) is 2.94. The van der Waals surface area contributed by atoms with Crippen LogP contribution in [0.2, 0.25) is 5.02 Å². The van der Waals surface area contributed by atoms with Crippen molar-refractivity contribution in [1.29, 1.82) is 0 Å². The molecule has 2 aromatic rings. The summed E-state index contributed by atoms with van der Waals surface area (Å²) in [5.41, 5.74) is 2.17. The van der Waals surface area contributed by atoms with Gasteiger partial charge >= 0.3 is 0 Å². The number of aryl methyl sites for hydroxylation is 1. The Morgan fingerprint density at radius 3 is 2.50 bits per heavy atom. The molecule has 0 aliphatic carbocycles. The van der Waals surface area contributed by atoms with Crippen LogP contribution in [0.25, 0.3) is 0 Å². The first-order chi connectivity index (χ1) is 9.31. The average molecular weight is 314 g/mol. The van der Waals surface area contributed by atoms with E-state index in [2.05, 4.69) is 4.72 Å². The third-order valence-corrected chi connectivity index (χ3v) is 4.67. The zero-order valence-electron chi connectivity index (χ0n) is 10.9. The Bertz CT molecular complexity index is 760. The predicted octanol–water partition coefficient (Wildman–Crippen LogP) is 3.90. The second-order valence-electron chi connectivity index (χ2n) is 4.43. The van der Waals surface area contributed by atoms with Gasteiger partial charge in [-0.2, -0.15) is 0 Å². The SMILES string of the molecule is Cc1cccc(NS(=O)(=O)c2ccc(Cl)cc2F)c1C. The van der Waals surface area contributed by atoms with Gasteiger partial charge in [-0.05, 0) is 49.2 Å². The van der Waals surface area contributed by atoms with Crippen LogP contribution in [-0.4, -0.2) is 8.42 Å². The molecule has 2 rings (SSSR count). The van der Waals surface area contributed by atoms with Crippen LogP contribution in [0.5, 0.6) is 0 Å². The lowest BCUT2D eigenvalue weighted by atomic mass is 10.1. The van der Waals surface area contributed by atoms with Crippen molar-refractivity contribution in [2.45, 2.75) is 18.7 Å². The van der Waals surface area contributed by atoms with Crippen molar-refractivity contribution in [3.8, 4) is 0 Å². The van der Waals surface area contributed by atoms with Crippen molar-refractivity contribution in [2.75, 3.05) is 4.72 Å². The number of halogens is 2. The summed E-state index contributed by atoms with van der Waals surface area (Å²) in [5.74, 6) is -0.879. The van der Waals surface area contributed by atoms with Crippen LogP contribution in [0.15, 0.2) is 41.3 Å². The van der Waals surface area contributed by atoms with Gasteiger partial charge in [0.15, 0.2) is 0 Å². The minimum atomic E-state index is -3.98. The van der Waals surface area contributed by atoms with Gasteiger partial charge in [-0.3, -0.25) is 4.72 Å². The van der Waals surface area contributed by atoms with Gasteiger partial charge in [0.25, 0.3) is 10.0 Å². The highest BCUT2D eigenvalue weighted by atomic mass is 35.5. The highest BCUT2D eigenvalue weighted by Gasteiger charge is 2.20. The van der Waals surface area contributed by atoms with E-state index >= 15 is 0 Å². The van der Waals surface area contributed by atoms with Gasteiger partial charge in [0.2, 0.25) is 0 Å². The molecule has 0 aliphatic rings. The molecule has 3 nitrogen and oxygen atoms in total. The summed E-state index contributed by atoms with van der Waals surface area (Å²) < 4.78 is 40.5. The Morgan fingerprint density at radius 2 is 1.85 bits per heavy atom. The molecule has 2 aromatic carbocycles. The van der Waals surface area contributed by atoms with Crippen molar-refractivity contribution in [3.63, 3.8) is 0 Å². The molecule has 0 heterocycles. The first-order valence-corrected chi connectivity index (χ1v) is 7.71. The molecule has 106 valence electrons. The van der Waals surface area contributed by atoms with E-state index in [0.717, 1.165) is 23.3 Å². The first kappa shape index (κ1) is 14.8. The second-order valence-corrected chi connectivity index (χ2v) is 6.51. The van der Waals surface area contributed by atoms with E-state index in [4.69, 9.17) is 11.6 Å². The quantitative estimate of drug-likeness (QED) is 0.934. The van der Waals surface area contributed by atoms with Crippen LogP contribution < -0.4 is 4.72 Å². The molecule has 0 atom stereocenters. The van der Waals surface area contributed by atoms with Crippen LogP contribution in [0, 0.1) is 19.7 Å². The molecule has 0 unspecified atom stereocenters. The normalized spacial score (nSPS) is 11.4. The van der Waals surface area contributed by atoms with Crippen molar-refractivity contribution in [3.05, 3.63) is 58.4 Å². The number of rotatable bonds is 3. The topological polar surface area (TPSA) is 46.2 Å². The van der Waals surface area contributed by atoms with Gasteiger partial charge in [-0.25, -0.2) is 12.8 Å². The van der Waals surface area contributed by atoms with Crippen LogP contribution in [0.4, 0.5) is 10.1 Å². The molecular weight excluding hydrogens is 301 g/mol. The molecule has 0 aliphatic heterocycles. The number of hydrogen-bond donors (Lipinski definition) is 1.